The molecule has 0 aliphatic rings. The fourth-order valence-corrected chi connectivity index (χ4v) is 4.89. The van der Waals surface area contributed by atoms with Crippen LogP contribution in [0.4, 0.5) is 0 Å². The maximum absolute atomic E-state index is 13.6. The molecule has 1 unspecified atom stereocenters. The summed E-state index contributed by atoms with van der Waals surface area (Å²) in [6.45, 7) is 2.43. The van der Waals surface area contributed by atoms with Gasteiger partial charge in [0.2, 0.25) is 11.8 Å². The molecule has 0 spiro atoms. The van der Waals surface area contributed by atoms with E-state index in [9.17, 15) is 9.59 Å². The molecule has 0 aromatic heterocycles. The van der Waals surface area contributed by atoms with E-state index >= 15 is 0 Å². The summed E-state index contributed by atoms with van der Waals surface area (Å²) in [7, 11) is 0. The van der Waals surface area contributed by atoms with Crippen molar-refractivity contribution in [2.24, 2.45) is 0 Å². The van der Waals surface area contributed by atoms with Gasteiger partial charge in [-0.1, -0.05) is 71.2 Å². The van der Waals surface area contributed by atoms with Gasteiger partial charge in [0.25, 0.3) is 0 Å². The number of benzene rings is 3. The van der Waals surface area contributed by atoms with E-state index in [0.717, 1.165) is 10.5 Å². The van der Waals surface area contributed by atoms with Crippen LogP contribution in [0.15, 0.2) is 77.7 Å². The smallest absolute Gasteiger partial charge is 0.243 e. The second-order valence-corrected chi connectivity index (χ2v) is 9.86. The number of thioether (sulfide) groups is 1. The van der Waals surface area contributed by atoms with E-state index in [1.807, 2.05) is 49.4 Å². The molecule has 0 aliphatic heterocycles. The van der Waals surface area contributed by atoms with E-state index in [4.69, 9.17) is 34.8 Å². The molecule has 3 rings (SSSR count). The zero-order valence-electron chi connectivity index (χ0n) is 18.6. The van der Waals surface area contributed by atoms with Crippen LogP contribution in [0.1, 0.15) is 18.1 Å². The second-order valence-electron chi connectivity index (χ2n) is 7.56. The average molecular weight is 536 g/mol. The van der Waals surface area contributed by atoms with Crippen LogP contribution in [0.3, 0.4) is 0 Å². The van der Waals surface area contributed by atoms with Gasteiger partial charge in [0.05, 0.1) is 5.75 Å². The Labute approximate surface area is 219 Å². The fraction of sp³-hybridized carbons (Fsp3) is 0.231. The molecular weight excluding hydrogens is 511 g/mol. The molecule has 0 bridgehead atoms. The number of carbonyl (C=O) groups is 2. The predicted octanol–water partition coefficient (Wildman–Crippen LogP) is 6.52. The molecule has 3 aromatic rings. The molecule has 8 heteroatoms. The molecule has 0 fully saturated rings. The highest BCUT2D eigenvalue weighted by molar-refractivity contribution is 8.00. The molecule has 3 aromatic carbocycles. The van der Waals surface area contributed by atoms with Gasteiger partial charge in [-0.2, -0.15) is 0 Å². The number of rotatable bonds is 10. The van der Waals surface area contributed by atoms with E-state index < -0.39 is 6.04 Å². The SMILES string of the molecule is CCNC(=O)C(Cc1ccccc1)N(Cc1c(Cl)cccc1Cl)C(=O)CSc1ccc(Cl)cc1. The molecule has 0 saturated heterocycles. The van der Waals surface area contributed by atoms with Crippen molar-refractivity contribution in [2.45, 2.75) is 30.8 Å². The highest BCUT2D eigenvalue weighted by Gasteiger charge is 2.31. The predicted molar refractivity (Wildman–Crippen MR) is 142 cm³/mol. The maximum atomic E-state index is 13.6. The molecule has 178 valence electrons. The number of nitrogens with zero attached hydrogens (tertiary/aromatic N) is 1. The van der Waals surface area contributed by atoms with E-state index in [1.54, 1.807) is 35.2 Å². The molecule has 2 amide bonds. The zero-order chi connectivity index (χ0) is 24.5. The van der Waals surface area contributed by atoms with E-state index in [0.29, 0.717) is 33.6 Å². The molecule has 0 aliphatic carbocycles. The first-order valence-corrected chi connectivity index (χ1v) is 12.9. The van der Waals surface area contributed by atoms with Gasteiger partial charge in [-0.15, -0.1) is 11.8 Å². The van der Waals surface area contributed by atoms with Crippen molar-refractivity contribution >= 4 is 58.4 Å². The minimum atomic E-state index is -0.729. The van der Waals surface area contributed by atoms with E-state index in [1.165, 1.54) is 11.8 Å². The third kappa shape index (κ3) is 7.41. The van der Waals surface area contributed by atoms with Crippen LogP contribution in [0.5, 0.6) is 0 Å². The molecule has 1 N–H and O–H groups in total. The van der Waals surface area contributed by atoms with Gasteiger partial charge in [-0.25, -0.2) is 0 Å². The lowest BCUT2D eigenvalue weighted by molar-refractivity contribution is -0.139. The van der Waals surface area contributed by atoms with Crippen molar-refractivity contribution < 1.29 is 9.59 Å². The molecule has 0 radical (unpaired) electrons. The first-order chi connectivity index (χ1) is 16.4. The van der Waals surface area contributed by atoms with Crippen LogP contribution >= 0.6 is 46.6 Å². The van der Waals surface area contributed by atoms with Gasteiger partial charge >= 0.3 is 0 Å². The number of likely N-dealkylation sites (N-methyl/N-ethyl adjacent to an activating group) is 1. The van der Waals surface area contributed by atoms with E-state index in [2.05, 4.69) is 5.32 Å². The Morgan fingerprint density at radius 1 is 0.912 bits per heavy atom. The van der Waals surface area contributed by atoms with Crippen LogP contribution < -0.4 is 5.32 Å². The summed E-state index contributed by atoms with van der Waals surface area (Å²) in [5.74, 6) is -0.267. The molecule has 34 heavy (non-hydrogen) atoms. The maximum Gasteiger partial charge on any atom is 0.243 e. The number of nitrogens with one attached hydrogen (secondary N) is 1. The molecular formula is C26H25Cl3N2O2S. The highest BCUT2D eigenvalue weighted by atomic mass is 35.5. The third-order valence-corrected chi connectivity index (χ3v) is 7.15. The standard InChI is InChI=1S/C26H25Cl3N2O2S/c1-2-30-26(33)24(15-18-7-4-3-5-8-18)31(16-21-22(28)9-6-10-23(21)29)25(32)17-34-20-13-11-19(27)12-14-20/h3-14,24H,2,15-17H2,1H3,(H,30,33). The zero-order valence-corrected chi connectivity index (χ0v) is 21.7. The number of halogens is 3. The Kier molecular flexibility index (Phi) is 10.1. The summed E-state index contributed by atoms with van der Waals surface area (Å²) in [5, 5.41) is 4.40. The van der Waals surface area contributed by atoms with Gasteiger partial charge in [-0.05, 0) is 48.9 Å². The summed E-state index contributed by atoms with van der Waals surface area (Å²) >= 11 is 20.2. The number of hydrogen-bond donors (Lipinski definition) is 1. The summed E-state index contributed by atoms with van der Waals surface area (Å²) < 4.78 is 0. The Hall–Kier alpha value is -2.18. The van der Waals surface area contributed by atoms with Gasteiger partial charge in [0.1, 0.15) is 6.04 Å². The van der Waals surface area contributed by atoms with Crippen molar-refractivity contribution in [1.29, 1.82) is 0 Å². The number of carbonyl (C=O) groups excluding carboxylic acids is 2. The van der Waals surface area contributed by atoms with Crippen molar-refractivity contribution in [3.8, 4) is 0 Å². The van der Waals surface area contributed by atoms with E-state index in [-0.39, 0.29) is 24.1 Å². The van der Waals surface area contributed by atoms with Crippen LogP contribution in [0, 0.1) is 0 Å². The fourth-order valence-electron chi connectivity index (χ4n) is 3.46. The minimum absolute atomic E-state index is 0.118. The first kappa shape index (κ1) is 26.4. The molecule has 0 saturated carbocycles. The first-order valence-electron chi connectivity index (χ1n) is 10.8. The Morgan fingerprint density at radius 3 is 2.18 bits per heavy atom. The van der Waals surface area contributed by atoms with Crippen molar-refractivity contribution in [3.05, 3.63) is 99.0 Å². The van der Waals surface area contributed by atoms with Gasteiger partial charge in [-0.3, -0.25) is 9.59 Å². The lowest BCUT2D eigenvalue weighted by atomic mass is 10.0. The van der Waals surface area contributed by atoms with Crippen molar-refractivity contribution in [3.63, 3.8) is 0 Å². The molecule has 0 heterocycles. The molecule has 4 nitrogen and oxygen atoms in total. The Morgan fingerprint density at radius 2 is 1.56 bits per heavy atom. The Bertz CT molecular complexity index is 1090. The average Bonchev–Trinajstić information content (AvgIpc) is 2.83. The minimum Gasteiger partial charge on any atom is -0.355 e. The third-order valence-electron chi connectivity index (χ3n) is 5.19. The second kappa shape index (κ2) is 13.1. The normalized spacial score (nSPS) is 11.6. The lowest BCUT2D eigenvalue weighted by Gasteiger charge is -2.32. The van der Waals surface area contributed by atoms with Crippen LogP contribution in [0.25, 0.3) is 0 Å². The summed E-state index contributed by atoms with van der Waals surface area (Å²) in [6, 6.07) is 21.4. The van der Waals surface area contributed by atoms with Crippen molar-refractivity contribution in [1.82, 2.24) is 10.2 Å². The van der Waals surface area contributed by atoms with Crippen molar-refractivity contribution in [2.75, 3.05) is 12.3 Å². The quantitative estimate of drug-likeness (QED) is 0.301. The summed E-state index contributed by atoms with van der Waals surface area (Å²) in [5.41, 5.74) is 1.56. The summed E-state index contributed by atoms with van der Waals surface area (Å²) in [6.07, 6.45) is 0.367. The molecule has 1 atom stereocenters. The lowest BCUT2D eigenvalue weighted by Crippen LogP contribution is -2.51. The highest BCUT2D eigenvalue weighted by Crippen LogP contribution is 2.28. The largest absolute Gasteiger partial charge is 0.355 e. The summed E-state index contributed by atoms with van der Waals surface area (Å²) in [4.78, 5) is 29.2. The van der Waals surface area contributed by atoms with Gasteiger partial charge < -0.3 is 10.2 Å². The van der Waals surface area contributed by atoms with Crippen LogP contribution in [-0.4, -0.2) is 35.1 Å². The number of amides is 2. The van der Waals surface area contributed by atoms with Gasteiger partial charge in [0, 0.05) is 45.0 Å². The van der Waals surface area contributed by atoms with Gasteiger partial charge in [0.15, 0.2) is 0 Å². The van der Waals surface area contributed by atoms with Crippen LogP contribution in [-0.2, 0) is 22.6 Å². The monoisotopic (exact) mass is 534 g/mol. The topological polar surface area (TPSA) is 49.4 Å². The van der Waals surface area contributed by atoms with Crippen LogP contribution in [0.2, 0.25) is 15.1 Å². The Balaban J connectivity index is 1.93. The number of hydrogen-bond acceptors (Lipinski definition) is 3.